The number of methoxy groups -OCH3 is 1. The zero-order valence-electron chi connectivity index (χ0n) is 20.0. The van der Waals surface area contributed by atoms with Crippen LogP contribution in [0.15, 0.2) is 77.6 Å². The topological polar surface area (TPSA) is 78.2 Å². The quantitative estimate of drug-likeness (QED) is 0.395. The Balaban J connectivity index is 1.33. The first-order chi connectivity index (χ1) is 17.6. The van der Waals surface area contributed by atoms with Crippen LogP contribution in [0.3, 0.4) is 0 Å². The molecule has 7 heteroatoms. The second-order valence-electron chi connectivity index (χ2n) is 9.03. The second kappa shape index (κ2) is 9.00. The highest BCUT2D eigenvalue weighted by Gasteiger charge is 2.27. The van der Waals surface area contributed by atoms with Gasteiger partial charge in [0.15, 0.2) is 5.82 Å². The van der Waals surface area contributed by atoms with Gasteiger partial charge in [0.2, 0.25) is 5.91 Å². The van der Waals surface area contributed by atoms with Crippen LogP contribution in [-0.2, 0) is 30.8 Å². The first-order valence-corrected chi connectivity index (χ1v) is 12.1. The Bertz CT molecular complexity index is 1660. The summed E-state index contributed by atoms with van der Waals surface area (Å²) in [6.07, 6.45) is 1.07. The van der Waals surface area contributed by atoms with Crippen LogP contribution in [0.5, 0.6) is 5.75 Å². The van der Waals surface area contributed by atoms with Crippen LogP contribution >= 0.6 is 0 Å². The van der Waals surface area contributed by atoms with E-state index in [1.807, 2.05) is 60.7 Å². The number of aryl methyl sites for hydroxylation is 2. The lowest BCUT2D eigenvalue weighted by Gasteiger charge is -2.21. The zero-order valence-corrected chi connectivity index (χ0v) is 20.0. The molecule has 0 radical (unpaired) electrons. The summed E-state index contributed by atoms with van der Waals surface area (Å²) in [5.74, 6) is 1.43. The Hall–Kier alpha value is -4.39. The van der Waals surface area contributed by atoms with Gasteiger partial charge in [-0.1, -0.05) is 42.5 Å². The average Bonchev–Trinajstić information content (AvgIpc) is 3.25. The lowest BCUT2D eigenvalue weighted by atomic mass is 10.0. The van der Waals surface area contributed by atoms with E-state index in [0.29, 0.717) is 42.8 Å². The van der Waals surface area contributed by atoms with Crippen molar-refractivity contribution in [3.05, 3.63) is 94.3 Å². The van der Waals surface area contributed by atoms with Gasteiger partial charge >= 0.3 is 0 Å². The first kappa shape index (κ1) is 22.1. The van der Waals surface area contributed by atoms with Crippen molar-refractivity contribution in [2.45, 2.75) is 32.5 Å². The molecule has 5 aromatic rings. The summed E-state index contributed by atoms with van der Waals surface area (Å²) in [4.78, 5) is 31.0. The molecule has 0 saturated heterocycles. The molecule has 0 saturated carbocycles. The highest BCUT2D eigenvalue weighted by atomic mass is 16.5. The summed E-state index contributed by atoms with van der Waals surface area (Å²) in [5, 5.41) is 4.80. The van der Waals surface area contributed by atoms with Crippen molar-refractivity contribution in [2.24, 2.45) is 0 Å². The van der Waals surface area contributed by atoms with Crippen molar-refractivity contribution < 1.29 is 9.53 Å². The minimum Gasteiger partial charge on any atom is -0.497 e. The van der Waals surface area contributed by atoms with Crippen molar-refractivity contribution in [2.75, 3.05) is 7.11 Å². The third-order valence-electron chi connectivity index (χ3n) is 6.95. The number of rotatable bonds is 6. The van der Waals surface area contributed by atoms with Crippen LogP contribution < -0.4 is 15.6 Å². The van der Waals surface area contributed by atoms with Gasteiger partial charge in [0.05, 0.1) is 23.7 Å². The van der Waals surface area contributed by atoms with E-state index in [4.69, 9.17) is 9.72 Å². The lowest BCUT2D eigenvalue weighted by Crippen LogP contribution is -2.28. The number of nitrogens with one attached hydrogen (secondary N) is 1. The van der Waals surface area contributed by atoms with Crippen LogP contribution in [0, 0.1) is 0 Å². The van der Waals surface area contributed by atoms with E-state index >= 15 is 0 Å². The molecule has 0 fully saturated rings. The third kappa shape index (κ3) is 3.73. The molecule has 6 rings (SSSR count). The van der Waals surface area contributed by atoms with Gasteiger partial charge in [0.25, 0.3) is 5.56 Å². The number of fused-ring (bicyclic) bond motifs is 6. The normalized spacial score (nSPS) is 12.4. The molecule has 1 amide bonds. The molecule has 36 heavy (non-hydrogen) atoms. The predicted molar refractivity (Wildman–Crippen MR) is 140 cm³/mol. The number of ether oxygens (including phenoxy) is 1. The molecular formula is C29H26N4O3. The fourth-order valence-electron chi connectivity index (χ4n) is 5.14. The number of para-hydroxylation sites is 2. The van der Waals surface area contributed by atoms with Gasteiger partial charge in [-0.05, 0) is 47.9 Å². The number of benzene rings is 3. The van der Waals surface area contributed by atoms with Gasteiger partial charge in [0, 0.05) is 37.0 Å². The van der Waals surface area contributed by atoms with Gasteiger partial charge in [-0.25, -0.2) is 4.98 Å². The van der Waals surface area contributed by atoms with Gasteiger partial charge in [-0.3, -0.25) is 14.2 Å². The van der Waals surface area contributed by atoms with Crippen LogP contribution in [0.1, 0.15) is 17.5 Å². The van der Waals surface area contributed by atoms with Gasteiger partial charge in [0.1, 0.15) is 5.75 Å². The monoisotopic (exact) mass is 478 g/mol. The number of hydrogen-bond donors (Lipinski definition) is 1. The number of carbonyl (C=O) groups is 1. The van der Waals surface area contributed by atoms with E-state index in [9.17, 15) is 9.59 Å². The summed E-state index contributed by atoms with van der Waals surface area (Å²) < 4.78 is 9.13. The maximum absolute atomic E-state index is 13.3. The van der Waals surface area contributed by atoms with Crippen LogP contribution in [0.2, 0.25) is 0 Å². The highest BCUT2D eigenvalue weighted by Crippen LogP contribution is 2.36. The molecule has 3 aromatic carbocycles. The molecule has 0 bridgehead atoms. The Morgan fingerprint density at radius 1 is 1.00 bits per heavy atom. The molecule has 7 nitrogen and oxygen atoms in total. The number of amides is 1. The van der Waals surface area contributed by atoms with E-state index in [1.54, 1.807) is 11.7 Å². The predicted octanol–water partition coefficient (Wildman–Crippen LogP) is 4.29. The first-order valence-electron chi connectivity index (χ1n) is 12.1. The minimum absolute atomic E-state index is 0.0182. The molecule has 180 valence electrons. The fraction of sp³-hybridized carbons (Fsp3) is 0.207. The summed E-state index contributed by atoms with van der Waals surface area (Å²) in [6, 6.07) is 23.4. The maximum atomic E-state index is 13.3. The number of aromatic nitrogens is 3. The Morgan fingerprint density at radius 2 is 1.75 bits per heavy atom. The molecule has 0 aliphatic carbocycles. The number of carbonyl (C=O) groups excluding carboxylic acids is 1. The molecule has 1 aliphatic rings. The van der Waals surface area contributed by atoms with Crippen molar-refractivity contribution in [3.8, 4) is 17.3 Å². The van der Waals surface area contributed by atoms with Crippen LogP contribution in [0.4, 0.5) is 0 Å². The van der Waals surface area contributed by atoms with Crippen molar-refractivity contribution in [1.82, 2.24) is 19.4 Å². The summed E-state index contributed by atoms with van der Waals surface area (Å²) >= 11 is 0. The standard InChI is InChI=1S/C29H26N4O3/c1-36-20-12-10-19(11-13-20)18-30-26(34)15-17-32-25-9-5-3-6-21(25)22-14-16-33-28(27(22)32)31-24-8-4-2-7-23(24)29(33)35/h2-13H,14-18H2,1H3,(H,30,34). The molecule has 3 heterocycles. The zero-order chi connectivity index (χ0) is 24.6. The van der Waals surface area contributed by atoms with Crippen LogP contribution in [-0.4, -0.2) is 27.1 Å². The van der Waals surface area contributed by atoms with Gasteiger partial charge in [-0.15, -0.1) is 0 Å². The molecule has 1 N–H and O–H groups in total. The Morgan fingerprint density at radius 3 is 2.56 bits per heavy atom. The fourth-order valence-corrected chi connectivity index (χ4v) is 5.14. The van der Waals surface area contributed by atoms with E-state index in [-0.39, 0.29) is 11.5 Å². The van der Waals surface area contributed by atoms with Crippen LogP contribution in [0.25, 0.3) is 33.3 Å². The molecule has 2 aromatic heterocycles. The Labute approximate surface area is 208 Å². The van der Waals surface area contributed by atoms with E-state index in [2.05, 4.69) is 22.0 Å². The molecule has 0 spiro atoms. The van der Waals surface area contributed by atoms with Gasteiger partial charge < -0.3 is 14.6 Å². The van der Waals surface area contributed by atoms with Gasteiger partial charge in [-0.2, -0.15) is 0 Å². The SMILES string of the molecule is COc1ccc(CNC(=O)CCn2c3c(c4ccccc42)CCn2c-3nc3ccccc3c2=O)cc1. The second-order valence-corrected chi connectivity index (χ2v) is 9.03. The maximum Gasteiger partial charge on any atom is 0.261 e. The number of nitrogens with zero attached hydrogens (tertiary/aromatic N) is 3. The summed E-state index contributed by atoms with van der Waals surface area (Å²) in [7, 11) is 1.63. The van der Waals surface area contributed by atoms with Crippen molar-refractivity contribution >= 4 is 27.7 Å². The number of hydrogen-bond acceptors (Lipinski definition) is 4. The molecular weight excluding hydrogens is 452 g/mol. The van der Waals surface area contributed by atoms with E-state index in [1.165, 1.54) is 5.56 Å². The highest BCUT2D eigenvalue weighted by molar-refractivity contribution is 5.92. The molecule has 1 aliphatic heterocycles. The lowest BCUT2D eigenvalue weighted by molar-refractivity contribution is -0.121. The summed E-state index contributed by atoms with van der Waals surface area (Å²) in [6.45, 7) is 1.54. The van der Waals surface area contributed by atoms with E-state index in [0.717, 1.165) is 34.3 Å². The van der Waals surface area contributed by atoms with E-state index < -0.39 is 0 Å². The smallest absolute Gasteiger partial charge is 0.261 e. The third-order valence-corrected chi connectivity index (χ3v) is 6.95. The average molecular weight is 479 g/mol. The van der Waals surface area contributed by atoms with Crippen molar-refractivity contribution in [3.63, 3.8) is 0 Å². The summed E-state index contributed by atoms with van der Waals surface area (Å²) in [5.41, 5.74) is 4.87. The largest absolute Gasteiger partial charge is 0.497 e. The molecule has 0 atom stereocenters. The Kier molecular flexibility index (Phi) is 5.52. The minimum atomic E-state index is -0.0305. The molecule has 0 unspecified atom stereocenters. The van der Waals surface area contributed by atoms with Crippen molar-refractivity contribution in [1.29, 1.82) is 0 Å².